The topological polar surface area (TPSA) is 21.3 Å². The highest BCUT2D eigenvalue weighted by Gasteiger charge is 2.27. The monoisotopic (exact) mass is 289 g/mol. The Kier molecular flexibility index (Phi) is 7.69. The van der Waals surface area contributed by atoms with E-state index in [9.17, 15) is 0 Å². The third-order valence-corrected chi connectivity index (χ3v) is 3.79. The molecule has 1 fully saturated rings. The zero-order chi connectivity index (χ0) is 15.7. The Hall–Kier alpha value is -1.12. The molecule has 1 saturated heterocycles. The van der Waals surface area contributed by atoms with E-state index < -0.39 is 0 Å². The van der Waals surface area contributed by atoms with Gasteiger partial charge in [-0.05, 0) is 37.8 Å². The molecule has 1 N–H and O–H groups in total. The summed E-state index contributed by atoms with van der Waals surface area (Å²) >= 11 is 0. The Morgan fingerprint density at radius 3 is 2.62 bits per heavy atom. The van der Waals surface area contributed by atoms with E-state index in [1.165, 1.54) is 29.5 Å². The Bertz CT molecular complexity index is 433. The Morgan fingerprint density at radius 1 is 1.33 bits per heavy atom. The average molecular weight is 289 g/mol. The van der Waals surface area contributed by atoms with Crippen molar-refractivity contribution in [2.45, 2.75) is 59.1 Å². The molecule has 1 unspecified atom stereocenters. The first kappa shape index (κ1) is 17.9. The van der Waals surface area contributed by atoms with E-state index >= 15 is 0 Å². The second-order valence-corrected chi connectivity index (χ2v) is 5.91. The maximum atomic E-state index is 5.47. The average Bonchev–Trinajstić information content (AvgIpc) is 2.87. The van der Waals surface area contributed by atoms with Crippen LogP contribution in [0.25, 0.3) is 6.08 Å². The van der Waals surface area contributed by atoms with Gasteiger partial charge >= 0.3 is 0 Å². The lowest BCUT2D eigenvalue weighted by Crippen LogP contribution is -2.37. The largest absolute Gasteiger partial charge is 0.360 e. The smallest absolute Gasteiger partial charge is 0.116 e. The molecule has 0 aliphatic carbocycles. The van der Waals surface area contributed by atoms with Gasteiger partial charge in [0, 0.05) is 6.54 Å². The van der Waals surface area contributed by atoms with E-state index in [0.29, 0.717) is 0 Å². The van der Waals surface area contributed by atoms with E-state index in [1.54, 1.807) is 0 Å². The number of aryl methyl sites for hydroxylation is 2. The molecule has 0 amide bonds. The van der Waals surface area contributed by atoms with Crippen LogP contribution in [0.3, 0.4) is 0 Å². The lowest BCUT2D eigenvalue weighted by Gasteiger charge is -2.22. The van der Waals surface area contributed by atoms with Crippen LogP contribution in [0.5, 0.6) is 0 Å². The number of ether oxygens (including phenoxy) is 1. The number of rotatable bonds is 5. The van der Waals surface area contributed by atoms with Gasteiger partial charge in [-0.15, -0.1) is 0 Å². The van der Waals surface area contributed by atoms with Crippen LogP contribution in [0.1, 0.15) is 56.7 Å². The normalized spacial score (nSPS) is 20.8. The zero-order valence-corrected chi connectivity index (χ0v) is 14.2. The minimum Gasteiger partial charge on any atom is -0.360 e. The summed E-state index contributed by atoms with van der Waals surface area (Å²) in [7, 11) is 0. The molecule has 1 aromatic rings. The van der Waals surface area contributed by atoms with Gasteiger partial charge in [-0.25, -0.2) is 0 Å². The lowest BCUT2D eigenvalue weighted by atomic mass is 10.0. The molecule has 0 spiro atoms. The summed E-state index contributed by atoms with van der Waals surface area (Å²) in [6.45, 7) is 14.3. The highest BCUT2D eigenvalue weighted by Crippen LogP contribution is 2.17. The fourth-order valence-electron chi connectivity index (χ4n) is 2.70. The number of hydrogen-bond acceptors (Lipinski definition) is 2. The summed E-state index contributed by atoms with van der Waals surface area (Å²) in [5.41, 5.74) is 4.04. The van der Waals surface area contributed by atoms with Crippen molar-refractivity contribution < 1.29 is 4.74 Å². The van der Waals surface area contributed by atoms with Crippen molar-refractivity contribution in [1.29, 1.82) is 0 Å². The molecular weight excluding hydrogens is 258 g/mol. The summed E-state index contributed by atoms with van der Waals surface area (Å²) in [6, 6.07) is 6.53. The van der Waals surface area contributed by atoms with Gasteiger partial charge < -0.3 is 4.74 Å². The van der Waals surface area contributed by atoms with Gasteiger partial charge in [0.1, 0.15) is 5.72 Å². The first-order valence-corrected chi connectivity index (χ1v) is 8.15. The Morgan fingerprint density at radius 2 is 2.10 bits per heavy atom. The van der Waals surface area contributed by atoms with Gasteiger partial charge in [0.2, 0.25) is 0 Å². The molecule has 2 nitrogen and oxygen atoms in total. The van der Waals surface area contributed by atoms with E-state index in [2.05, 4.69) is 57.8 Å². The fourth-order valence-corrected chi connectivity index (χ4v) is 2.70. The van der Waals surface area contributed by atoms with Gasteiger partial charge in [-0.2, -0.15) is 0 Å². The summed E-state index contributed by atoms with van der Waals surface area (Å²) in [6.07, 6.45) is 6.59. The molecular formula is C19H31NO. The van der Waals surface area contributed by atoms with Crippen LogP contribution in [0, 0.1) is 6.92 Å². The molecule has 1 aromatic carbocycles. The lowest BCUT2D eigenvalue weighted by molar-refractivity contribution is -0.00102. The predicted octanol–water partition coefficient (Wildman–Crippen LogP) is 4.71. The zero-order valence-electron chi connectivity index (χ0n) is 14.2. The van der Waals surface area contributed by atoms with Gasteiger partial charge in [0.05, 0.1) is 6.61 Å². The molecule has 1 heterocycles. The molecule has 0 aromatic heterocycles. The minimum absolute atomic E-state index is 0.00521. The highest BCUT2D eigenvalue weighted by molar-refractivity contribution is 5.52. The van der Waals surface area contributed by atoms with Crippen molar-refractivity contribution in [1.82, 2.24) is 5.32 Å². The Balaban J connectivity index is 0.000000219. The maximum absolute atomic E-state index is 5.47. The van der Waals surface area contributed by atoms with Gasteiger partial charge in [0.25, 0.3) is 0 Å². The van der Waals surface area contributed by atoms with Gasteiger partial charge in [0.15, 0.2) is 0 Å². The quantitative estimate of drug-likeness (QED) is 0.847. The molecule has 1 atom stereocenters. The summed E-state index contributed by atoms with van der Waals surface area (Å²) < 4.78 is 5.47. The highest BCUT2D eigenvalue weighted by atomic mass is 16.5. The maximum Gasteiger partial charge on any atom is 0.116 e. The third kappa shape index (κ3) is 6.03. The first-order chi connectivity index (χ1) is 10.0. The van der Waals surface area contributed by atoms with Crippen LogP contribution < -0.4 is 5.32 Å². The van der Waals surface area contributed by atoms with Crippen LogP contribution >= 0.6 is 0 Å². The van der Waals surface area contributed by atoms with E-state index in [0.717, 1.165) is 26.0 Å². The van der Waals surface area contributed by atoms with Crippen molar-refractivity contribution in [2.24, 2.45) is 0 Å². The van der Waals surface area contributed by atoms with Crippen molar-refractivity contribution in [3.05, 3.63) is 41.5 Å². The minimum atomic E-state index is -0.00521. The van der Waals surface area contributed by atoms with Crippen molar-refractivity contribution >= 4 is 6.08 Å². The summed E-state index contributed by atoms with van der Waals surface area (Å²) in [4.78, 5) is 0. The standard InChI is InChI=1S/C12H16.C7H15NO/c1-4-6-12-9-10(3)7-8-11(12)5-2;1-3-4-7(2)8-5-6-9-7/h5,7-9H,2,4,6H2,1,3H3;8H,3-6H2,1-2H3. The molecule has 0 radical (unpaired) electrons. The molecule has 21 heavy (non-hydrogen) atoms. The fraction of sp³-hybridized carbons (Fsp3) is 0.579. The van der Waals surface area contributed by atoms with Crippen molar-refractivity contribution in [3.63, 3.8) is 0 Å². The van der Waals surface area contributed by atoms with Crippen molar-refractivity contribution in [3.8, 4) is 0 Å². The Labute approximate surface area is 130 Å². The first-order valence-electron chi connectivity index (χ1n) is 8.15. The molecule has 0 bridgehead atoms. The van der Waals surface area contributed by atoms with Crippen LogP contribution in [-0.2, 0) is 11.2 Å². The molecule has 1 aliphatic heterocycles. The van der Waals surface area contributed by atoms with Crippen LogP contribution in [0.15, 0.2) is 24.8 Å². The summed E-state index contributed by atoms with van der Waals surface area (Å²) in [5, 5.41) is 3.31. The molecule has 0 saturated carbocycles. The number of nitrogens with one attached hydrogen (secondary N) is 1. The second-order valence-electron chi connectivity index (χ2n) is 5.91. The summed E-state index contributed by atoms with van der Waals surface area (Å²) in [5.74, 6) is 0. The van der Waals surface area contributed by atoms with E-state index in [1.807, 2.05) is 6.08 Å². The molecule has 118 valence electrons. The third-order valence-electron chi connectivity index (χ3n) is 3.79. The molecule has 2 heteroatoms. The number of benzene rings is 1. The second kappa shape index (κ2) is 9.01. The van der Waals surface area contributed by atoms with Crippen LogP contribution in [0.4, 0.5) is 0 Å². The predicted molar refractivity (Wildman–Crippen MR) is 92.5 cm³/mol. The van der Waals surface area contributed by atoms with Gasteiger partial charge in [-0.1, -0.05) is 63.1 Å². The van der Waals surface area contributed by atoms with E-state index in [4.69, 9.17) is 4.74 Å². The van der Waals surface area contributed by atoms with E-state index in [-0.39, 0.29) is 5.72 Å². The van der Waals surface area contributed by atoms with Crippen molar-refractivity contribution in [2.75, 3.05) is 13.2 Å². The van der Waals surface area contributed by atoms with Crippen LogP contribution in [-0.4, -0.2) is 18.9 Å². The molecule has 1 aliphatic rings. The van der Waals surface area contributed by atoms with Crippen LogP contribution in [0.2, 0.25) is 0 Å². The number of hydrogen-bond donors (Lipinski definition) is 1. The molecule has 2 rings (SSSR count). The van der Waals surface area contributed by atoms with Gasteiger partial charge in [-0.3, -0.25) is 5.32 Å². The SMILES string of the molecule is C=Cc1ccc(C)cc1CCC.CCCC1(C)NCCO1.